The fourth-order valence-electron chi connectivity index (χ4n) is 1.04. The maximum Gasteiger partial charge on any atom is 0.488 e. The normalized spacial score (nSPS) is 10.0. The van der Waals surface area contributed by atoms with E-state index in [2.05, 4.69) is 15.9 Å². The van der Waals surface area contributed by atoms with Gasteiger partial charge in [0.05, 0.1) is 6.61 Å². The van der Waals surface area contributed by atoms with Crippen LogP contribution in [0.25, 0.3) is 0 Å². The Labute approximate surface area is 92.0 Å². The zero-order valence-electron chi connectivity index (χ0n) is 7.90. The van der Waals surface area contributed by atoms with Crippen LogP contribution in [0.4, 0.5) is 0 Å². The van der Waals surface area contributed by atoms with Gasteiger partial charge in [-0.25, -0.2) is 0 Å². The number of hydrogen-bond donors (Lipinski definition) is 2. The van der Waals surface area contributed by atoms with Crippen LogP contribution >= 0.6 is 15.9 Å². The lowest BCUT2D eigenvalue weighted by molar-refractivity contribution is 0.317. The molecule has 0 atom stereocenters. The Bertz CT molecular complexity index is 304. The molecule has 0 fully saturated rings. The maximum absolute atomic E-state index is 8.98. The highest BCUT2D eigenvalue weighted by Crippen LogP contribution is 2.16. The monoisotopic (exact) mass is 258 g/mol. The summed E-state index contributed by atoms with van der Waals surface area (Å²) in [5.74, 6) is 0.643. The first kappa shape index (κ1) is 11.6. The van der Waals surface area contributed by atoms with Crippen molar-refractivity contribution in [2.75, 3.05) is 6.61 Å². The van der Waals surface area contributed by atoms with Gasteiger partial charge in [0, 0.05) is 4.47 Å². The molecule has 0 aromatic heterocycles. The van der Waals surface area contributed by atoms with E-state index in [4.69, 9.17) is 14.8 Å². The van der Waals surface area contributed by atoms with E-state index in [1.165, 1.54) is 0 Å². The van der Waals surface area contributed by atoms with E-state index in [-0.39, 0.29) is 0 Å². The third-order valence-corrected chi connectivity index (χ3v) is 2.12. The van der Waals surface area contributed by atoms with Crippen LogP contribution in [0, 0.1) is 0 Å². The van der Waals surface area contributed by atoms with Crippen LogP contribution in [0.15, 0.2) is 22.7 Å². The lowest BCUT2D eigenvalue weighted by atomic mass is 9.80. The highest BCUT2D eigenvalue weighted by molar-refractivity contribution is 9.10. The first-order valence-corrected chi connectivity index (χ1v) is 5.22. The van der Waals surface area contributed by atoms with E-state index in [9.17, 15) is 0 Å². The first-order chi connectivity index (χ1) is 6.63. The first-order valence-electron chi connectivity index (χ1n) is 4.43. The van der Waals surface area contributed by atoms with Gasteiger partial charge in [-0.1, -0.05) is 22.9 Å². The van der Waals surface area contributed by atoms with Crippen LogP contribution in [-0.4, -0.2) is 23.8 Å². The third-order valence-electron chi connectivity index (χ3n) is 1.66. The van der Waals surface area contributed by atoms with E-state index in [0.29, 0.717) is 17.8 Å². The van der Waals surface area contributed by atoms with Gasteiger partial charge in [-0.3, -0.25) is 0 Å². The van der Waals surface area contributed by atoms with E-state index >= 15 is 0 Å². The summed E-state index contributed by atoms with van der Waals surface area (Å²) < 4.78 is 6.15. The Hall–Kier alpha value is -0.515. The number of ether oxygens (including phenoxy) is 1. The highest BCUT2D eigenvalue weighted by Gasteiger charge is 2.12. The van der Waals surface area contributed by atoms with E-state index in [1.54, 1.807) is 18.2 Å². The van der Waals surface area contributed by atoms with E-state index < -0.39 is 7.12 Å². The highest BCUT2D eigenvalue weighted by atomic mass is 79.9. The van der Waals surface area contributed by atoms with Crippen LogP contribution < -0.4 is 10.2 Å². The standard InChI is InChI=1S/C9H12BBrO3/c1-2-3-14-9-5-7(10(12)13)4-8(11)6-9/h4-6,12-13H,2-3H2,1H3. The molecule has 5 heteroatoms. The minimum Gasteiger partial charge on any atom is -0.494 e. The van der Waals surface area contributed by atoms with Crippen molar-refractivity contribution in [2.45, 2.75) is 13.3 Å². The molecule has 0 saturated heterocycles. The van der Waals surface area contributed by atoms with Crippen LogP contribution in [0.2, 0.25) is 0 Å². The van der Waals surface area contributed by atoms with Crippen molar-refractivity contribution in [1.82, 2.24) is 0 Å². The predicted molar refractivity (Wildman–Crippen MR) is 59.8 cm³/mol. The molecule has 0 spiro atoms. The zero-order chi connectivity index (χ0) is 10.6. The van der Waals surface area contributed by atoms with Crippen molar-refractivity contribution in [3.8, 4) is 5.75 Å². The van der Waals surface area contributed by atoms with E-state index in [1.807, 2.05) is 6.92 Å². The molecule has 0 aliphatic carbocycles. The summed E-state index contributed by atoms with van der Waals surface area (Å²) in [4.78, 5) is 0. The van der Waals surface area contributed by atoms with Gasteiger partial charge in [-0.2, -0.15) is 0 Å². The topological polar surface area (TPSA) is 49.7 Å². The largest absolute Gasteiger partial charge is 0.494 e. The molecular weight excluding hydrogens is 247 g/mol. The fraction of sp³-hybridized carbons (Fsp3) is 0.333. The summed E-state index contributed by atoms with van der Waals surface area (Å²) in [7, 11) is -1.46. The molecule has 14 heavy (non-hydrogen) atoms. The zero-order valence-corrected chi connectivity index (χ0v) is 9.49. The Morgan fingerprint density at radius 2 is 2.07 bits per heavy atom. The molecule has 3 nitrogen and oxygen atoms in total. The van der Waals surface area contributed by atoms with Crippen molar-refractivity contribution in [1.29, 1.82) is 0 Å². The van der Waals surface area contributed by atoms with Crippen molar-refractivity contribution in [2.24, 2.45) is 0 Å². The second-order valence-corrected chi connectivity index (χ2v) is 3.86. The summed E-state index contributed by atoms with van der Waals surface area (Å²) in [5.41, 5.74) is 0.422. The van der Waals surface area contributed by atoms with Crippen molar-refractivity contribution in [3.05, 3.63) is 22.7 Å². The van der Waals surface area contributed by atoms with Gasteiger partial charge in [-0.15, -0.1) is 0 Å². The summed E-state index contributed by atoms with van der Waals surface area (Å²) >= 11 is 3.27. The third kappa shape index (κ3) is 3.33. The molecule has 1 rings (SSSR count). The fourth-order valence-corrected chi connectivity index (χ4v) is 1.53. The summed E-state index contributed by atoms with van der Waals surface area (Å²) in [6.07, 6.45) is 0.920. The van der Waals surface area contributed by atoms with Gasteiger partial charge >= 0.3 is 7.12 Å². The van der Waals surface area contributed by atoms with Crippen LogP contribution in [0.3, 0.4) is 0 Å². The molecule has 0 radical (unpaired) electrons. The molecule has 76 valence electrons. The van der Waals surface area contributed by atoms with Gasteiger partial charge in [-0.05, 0) is 30.1 Å². The summed E-state index contributed by atoms with van der Waals surface area (Å²) in [6, 6.07) is 5.05. The lowest BCUT2D eigenvalue weighted by Crippen LogP contribution is -2.29. The molecule has 0 amide bonds. The second kappa shape index (κ2) is 5.39. The summed E-state index contributed by atoms with van der Waals surface area (Å²) in [6.45, 7) is 2.64. The maximum atomic E-state index is 8.98. The molecule has 2 N–H and O–H groups in total. The average Bonchev–Trinajstić information content (AvgIpc) is 2.14. The number of hydrogen-bond acceptors (Lipinski definition) is 3. The number of benzene rings is 1. The minimum absolute atomic E-state index is 0.422. The molecule has 0 saturated carbocycles. The SMILES string of the molecule is CCCOc1cc(Br)cc(B(O)O)c1. The molecule has 1 aromatic carbocycles. The van der Waals surface area contributed by atoms with Gasteiger partial charge in [0.1, 0.15) is 5.75 Å². The van der Waals surface area contributed by atoms with E-state index in [0.717, 1.165) is 10.9 Å². The van der Waals surface area contributed by atoms with Crippen molar-refractivity contribution < 1.29 is 14.8 Å². The molecule has 0 heterocycles. The van der Waals surface area contributed by atoms with Crippen molar-refractivity contribution in [3.63, 3.8) is 0 Å². The quantitative estimate of drug-likeness (QED) is 0.790. The Kier molecular flexibility index (Phi) is 4.45. The second-order valence-electron chi connectivity index (χ2n) is 2.94. The van der Waals surface area contributed by atoms with Crippen LogP contribution in [-0.2, 0) is 0 Å². The minimum atomic E-state index is -1.46. The number of rotatable bonds is 4. The smallest absolute Gasteiger partial charge is 0.488 e. The number of halogens is 1. The van der Waals surface area contributed by atoms with Crippen molar-refractivity contribution >= 4 is 28.5 Å². The van der Waals surface area contributed by atoms with Gasteiger partial charge in [0.15, 0.2) is 0 Å². The molecule has 0 bridgehead atoms. The predicted octanol–water partition coefficient (Wildman–Crippen LogP) is 0.918. The Morgan fingerprint density at radius 3 is 2.64 bits per heavy atom. The molecule has 0 aliphatic rings. The van der Waals surface area contributed by atoms with Gasteiger partial charge < -0.3 is 14.8 Å². The van der Waals surface area contributed by atoms with Gasteiger partial charge in [0.25, 0.3) is 0 Å². The molecule has 0 unspecified atom stereocenters. The van der Waals surface area contributed by atoms with Gasteiger partial charge in [0.2, 0.25) is 0 Å². The molecule has 0 aliphatic heterocycles. The lowest BCUT2D eigenvalue weighted by Gasteiger charge is -2.07. The Balaban J connectivity index is 2.84. The molecular formula is C9H12BBrO3. The molecule has 1 aromatic rings. The average molecular weight is 259 g/mol. The summed E-state index contributed by atoms with van der Waals surface area (Å²) in [5, 5.41) is 18.0. The van der Waals surface area contributed by atoms with Crippen LogP contribution in [0.5, 0.6) is 5.75 Å². The van der Waals surface area contributed by atoms with Crippen LogP contribution in [0.1, 0.15) is 13.3 Å². The Morgan fingerprint density at radius 1 is 1.36 bits per heavy atom.